The standard InChI is InChI=1S/C21H26F2N4O3.HI/c1-4-24-20(25-12-15-6-8-17(9-7-15)27-21(28)29-3)26-13-16-11-14(2)5-10-18(16)30-19(22)23;/h5-11,19H,4,12-13H2,1-3H3,(H,27,28)(H2,24,25,26);1H. The van der Waals surface area contributed by atoms with Crippen LogP contribution in [-0.2, 0) is 17.8 Å². The number of hydrogen-bond acceptors (Lipinski definition) is 4. The molecule has 2 aromatic carbocycles. The highest BCUT2D eigenvalue weighted by Crippen LogP contribution is 2.22. The normalized spacial score (nSPS) is 10.8. The van der Waals surface area contributed by atoms with E-state index in [1.807, 2.05) is 26.0 Å². The first-order valence-electron chi connectivity index (χ1n) is 9.41. The van der Waals surface area contributed by atoms with Gasteiger partial charge in [0.1, 0.15) is 5.75 Å². The number of halogens is 3. The smallest absolute Gasteiger partial charge is 0.411 e. The molecule has 0 radical (unpaired) electrons. The Balaban J connectivity index is 0.00000480. The Kier molecular flexibility index (Phi) is 11.6. The van der Waals surface area contributed by atoms with Crippen LogP contribution < -0.4 is 20.7 Å². The van der Waals surface area contributed by atoms with Gasteiger partial charge in [-0.2, -0.15) is 8.78 Å². The lowest BCUT2D eigenvalue weighted by Gasteiger charge is -2.15. The number of rotatable bonds is 8. The summed E-state index contributed by atoms with van der Waals surface area (Å²) in [7, 11) is 1.30. The van der Waals surface area contributed by atoms with Crippen molar-refractivity contribution in [3.8, 4) is 5.75 Å². The fourth-order valence-electron chi connectivity index (χ4n) is 2.61. The number of methoxy groups -OCH3 is 1. The number of nitrogens with one attached hydrogen (secondary N) is 3. The molecule has 31 heavy (non-hydrogen) atoms. The molecule has 0 fully saturated rings. The molecule has 2 rings (SSSR count). The SMILES string of the molecule is CCNC(=NCc1ccc(NC(=O)OC)cc1)NCc1cc(C)ccc1OC(F)F.I. The summed E-state index contributed by atoms with van der Waals surface area (Å²) in [5.41, 5.74) is 3.10. The molecule has 0 aliphatic heterocycles. The first kappa shape index (κ1) is 26.4. The van der Waals surface area contributed by atoms with Gasteiger partial charge in [0.25, 0.3) is 0 Å². The zero-order valence-electron chi connectivity index (χ0n) is 17.6. The van der Waals surface area contributed by atoms with Gasteiger partial charge in [0.15, 0.2) is 5.96 Å². The number of benzene rings is 2. The highest BCUT2D eigenvalue weighted by Gasteiger charge is 2.10. The third-order valence-corrected chi connectivity index (χ3v) is 4.03. The van der Waals surface area contributed by atoms with Gasteiger partial charge in [0.2, 0.25) is 0 Å². The van der Waals surface area contributed by atoms with Gasteiger partial charge in [-0.1, -0.05) is 29.8 Å². The Labute approximate surface area is 197 Å². The van der Waals surface area contributed by atoms with Crippen LogP contribution in [-0.4, -0.2) is 32.3 Å². The van der Waals surface area contributed by atoms with Gasteiger partial charge < -0.3 is 20.1 Å². The summed E-state index contributed by atoms with van der Waals surface area (Å²) in [6.45, 7) is 2.24. The van der Waals surface area contributed by atoms with Gasteiger partial charge in [-0.05, 0) is 37.6 Å². The Morgan fingerprint density at radius 2 is 1.84 bits per heavy atom. The number of carbonyl (C=O) groups excluding carboxylic acids is 1. The summed E-state index contributed by atoms with van der Waals surface area (Å²) in [4.78, 5) is 15.7. The second kappa shape index (κ2) is 13.6. The zero-order valence-corrected chi connectivity index (χ0v) is 19.9. The average Bonchev–Trinajstić information content (AvgIpc) is 2.72. The summed E-state index contributed by atoms with van der Waals surface area (Å²) < 4.78 is 34.4. The Bertz CT molecular complexity index is 864. The van der Waals surface area contributed by atoms with E-state index in [1.165, 1.54) is 13.2 Å². The summed E-state index contributed by atoms with van der Waals surface area (Å²) in [5, 5.41) is 8.83. The molecule has 0 saturated heterocycles. The lowest BCUT2D eigenvalue weighted by Crippen LogP contribution is -2.36. The van der Waals surface area contributed by atoms with Crippen molar-refractivity contribution in [2.45, 2.75) is 33.5 Å². The number of carbonyl (C=O) groups is 1. The third-order valence-electron chi connectivity index (χ3n) is 4.03. The van der Waals surface area contributed by atoms with E-state index in [0.717, 1.165) is 11.1 Å². The minimum atomic E-state index is -2.88. The maximum Gasteiger partial charge on any atom is 0.411 e. The van der Waals surface area contributed by atoms with E-state index in [2.05, 4.69) is 30.4 Å². The predicted octanol–water partition coefficient (Wildman–Crippen LogP) is 4.65. The number of guanidine groups is 1. The molecule has 0 aromatic heterocycles. The molecule has 0 bridgehead atoms. The highest BCUT2D eigenvalue weighted by molar-refractivity contribution is 14.0. The summed E-state index contributed by atoms with van der Waals surface area (Å²) in [6, 6.07) is 12.2. The number of ether oxygens (including phenoxy) is 2. The van der Waals surface area contributed by atoms with E-state index in [-0.39, 0.29) is 36.3 Å². The van der Waals surface area contributed by atoms with Crippen molar-refractivity contribution in [2.24, 2.45) is 4.99 Å². The van der Waals surface area contributed by atoms with E-state index in [1.54, 1.807) is 24.3 Å². The fourth-order valence-corrected chi connectivity index (χ4v) is 2.61. The van der Waals surface area contributed by atoms with E-state index >= 15 is 0 Å². The molecule has 1 amide bonds. The largest absolute Gasteiger partial charge is 0.453 e. The van der Waals surface area contributed by atoms with Crippen LogP contribution in [0.1, 0.15) is 23.6 Å². The number of anilines is 1. The number of hydrogen-bond donors (Lipinski definition) is 3. The monoisotopic (exact) mass is 548 g/mol. The van der Waals surface area contributed by atoms with Crippen molar-refractivity contribution >= 4 is 41.7 Å². The summed E-state index contributed by atoms with van der Waals surface area (Å²) >= 11 is 0. The van der Waals surface area contributed by atoms with Crippen LogP contribution in [0.3, 0.4) is 0 Å². The van der Waals surface area contributed by atoms with Gasteiger partial charge in [-0.25, -0.2) is 9.79 Å². The van der Waals surface area contributed by atoms with Gasteiger partial charge in [0, 0.05) is 24.3 Å². The predicted molar refractivity (Wildman–Crippen MR) is 127 cm³/mol. The second-order valence-electron chi connectivity index (χ2n) is 6.35. The molecule has 0 unspecified atom stereocenters. The fraction of sp³-hybridized carbons (Fsp3) is 0.333. The molecule has 2 aromatic rings. The third kappa shape index (κ3) is 9.37. The van der Waals surface area contributed by atoms with Gasteiger partial charge in [0.05, 0.1) is 13.7 Å². The molecule has 7 nitrogen and oxygen atoms in total. The number of aryl methyl sites for hydroxylation is 1. The van der Waals surface area contributed by atoms with E-state index in [0.29, 0.717) is 30.3 Å². The second-order valence-corrected chi connectivity index (χ2v) is 6.35. The van der Waals surface area contributed by atoms with Crippen LogP contribution >= 0.6 is 24.0 Å². The molecule has 0 spiro atoms. The van der Waals surface area contributed by atoms with Gasteiger partial charge in [-0.15, -0.1) is 24.0 Å². The number of alkyl halides is 2. The van der Waals surface area contributed by atoms with Crippen LogP contribution in [0.2, 0.25) is 0 Å². The molecular formula is C21H27F2IN4O3. The van der Waals surface area contributed by atoms with Crippen molar-refractivity contribution in [3.05, 3.63) is 59.2 Å². The van der Waals surface area contributed by atoms with E-state index < -0.39 is 12.7 Å². The van der Waals surface area contributed by atoms with Gasteiger partial charge >= 0.3 is 12.7 Å². The Hall–Kier alpha value is -2.63. The first-order valence-corrected chi connectivity index (χ1v) is 9.41. The number of amides is 1. The van der Waals surface area contributed by atoms with E-state index in [4.69, 9.17) is 0 Å². The molecule has 0 aliphatic rings. The summed E-state index contributed by atoms with van der Waals surface area (Å²) in [6.07, 6.45) is -0.536. The van der Waals surface area contributed by atoms with Crippen molar-refractivity contribution in [2.75, 3.05) is 19.0 Å². The van der Waals surface area contributed by atoms with Crippen LogP contribution in [0.25, 0.3) is 0 Å². The van der Waals surface area contributed by atoms with Crippen molar-refractivity contribution in [3.63, 3.8) is 0 Å². The van der Waals surface area contributed by atoms with Crippen molar-refractivity contribution < 1.29 is 23.0 Å². The zero-order chi connectivity index (χ0) is 21.9. The number of aliphatic imine (C=N–C) groups is 1. The lowest BCUT2D eigenvalue weighted by atomic mass is 10.1. The molecule has 170 valence electrons. The topological polar surface area (TPSA) is 84.0 Å². The quantitative estimate of drug-likeness (QED) is 0.254. The molecule has 10 heteroatoms. The van der Waals surface area contributed by atoms with Crippen LogP contribution in [0.5, 0.6) is 5.75 Å². The minimum absolute atomic E-state index is 0. The molecule has 3 N–H and O–H groups in total. The van der Waals surface area contributed by atoms with Crippen LogP contribution in [0, 0.1) is 6.92 Å². The maximum atomic E-state index is 12.6. The van der Waals surface area contributed by atoms with Crippen molar-refractivity contribution in [1.29, 1.82) is 0 Å². The van der Waals surface area contributed by atoms with Crippen LogP contribution in [0.4, 0.5) is 19.3 Å². The van der Waals surface area contributed by atoms with Crippen molar-refractivity contribution in [1.82, 2.24) is 10.6 Å². The lowest BCUT2D eigenvalue weighted by molar-refractivity contribution is -0.0504. The molecule has 0 saturated carbocycles. The van der Waals surface area contributed by atoms with Gasteiger partial charge in [-0.3, -0.25) is 5.32 Å². The Morgan fingerprint density at radius 1 is 1.13 bits per heavy atom. The van der Waals surface area contributed by atoms with E-state index in [9.17, 15) is 13.6 Å². The van der Waals surface area contributed by atoms with Crippen LogP contribution in [0.15, 0.2) is 47.5 Å². The molecule has 0 heterocycles. The molecule has 0 atom stereocenters. The Morgan fingerprint density at radius 3 is 2.45 bits per heavy atom. The number of nitrogens with zero attached hydrogens (tertiary/aromatic N) is 1. The average molecular weight is 548 g/mol. The summed E-state index contributed by atoms with van der Waals surface area (Å²) in [5.74, 6) is 0.673. The molecular weight excluding hydrogens is 521 g/mol. The minimum Gasteiger partial charge on any atom is -0.453 e. The maximum absolute atomic E-state index is 12.6. The first-order chi connectivity index (χ1) is 14.4. The highest BCUT2D eigenvalue weighted by atomic mass is 127. The molecule has 0 aliphatic carbocycles.